The molecule has 1 aliphatic carbocycles. The Morgan fingerprint density at radius 1 is 0.897 bits per heavy atom. The smallest absolute Gasteiger partial charge is 1.00 e. The number of hydrogen-bond acceptors (Lipinski definition) is 0. The van der Waals surface area contributed by atoms with Crippen molar-refractivity contribution < 1.29 is 49.0 Å². The van der Waals surface area contributed by atoms with Gasteiger partial charge in [0.05, 0.1) is 0 Å². The van der Waals surface area contributed by atoms with Crippen LogP contribution in [-0.2, 0) is 24.2 Å². The van der Waals surface area contributed by atoms with Crippen LogP contribution in [0.25, 0.3) is 33.7 Å². The predicted molar refractivity (Wildman–Crippen MR) is 163 cm³/mol. The van der Waals surface area contributed by atoms with E-state index in [0.29, 0.717) is 11.3 Å². The zero-order valence-corrected chi connectivity index (χ0v) is 27.7. The molecule has 0 aromatic heterocycles. The SMILES string of the molecule is C=Cc1ccc2[cH-]c3ccc(C=C)cc3c2c1.CCC1[C-]=CC(C(C)(C)C)=C1.C[C](=[Zr+2])c1ccccc1.[Cl-].[Cl-]. The number of rotatable bonds is 4. The summed E-state index contributed by atoms with van der Waals surface area (Å²) in [5.74, 6) is 0.573. The van der Waals surface area contributed by atoms with E-state index in [2.05, 4.69) is 133 Å². The number of fused-ring (bicyclic) bond motifs is 3. The molecule has 0 N–H and O–H groups in total. The second kappa shape index (κ2) is 16.2. The molecule has 0 radical (unpaired) electrons. The number of halogens is 2. The van der Waals surface area contributed by atoms with Gasteiger partial charge in [0.25, 0.3) is 0 Å². The molecule has 4 aromatic carbocycles. The summed E-state index contributed by atoms with van der Waals surface area (Å²) in [6, 6.07) is 25.6. The molecule has 0 nitrogen and oxygen atoms in total. The molecule has 0 amide bonds. The van der Waals surface area contributed by atoms with Crippen molar-refractivity contribution in [2.24, 2.45) is 11.3 Å². The third kappa shape index (κ3) is 9.75. The van der Waals surface area contributed by atoms with Gasteiger partial charge in [0.1, 0.15) is 0 Å². The van der Waals surface area contributed by atoms with Crippen molar-refractivity contribution in [3.8, 4) is 0 Å². The van der Waals surface area contributed by atoms with Gasteiger partial charge in [-0.2, -0.15) is 11.6 Å². The second-order valence-electron chi connectivity index (χ2n) is 10.4. The summed E-state index contributed by atoms with van der Waals surface area (Å²) in [6.45, 7) is 18.7. The van der Waals surface area contributed by atoms with Crippen molar-refractivity contribution in [3.63, 3.8) is 0 Å². The maximum Gasteiger partial charge on any atom is -1.00 e. The Balaban J connectivity index is 0.000000304. The summed E-state index contributed by atoms with van der Waals surface area (Å²) in [5, 5.41) is 5.15. The van der Waals surface area contributed by atoms with Gasteiger partial charge >= 0.3 is 70.3 Å². The first kappa shape index (κ1) is 34.9. The van der Waals surface area contributed by atoms with E-state index >= 15 is 0 Å². The number of allylic oxidation sites excluding steroid dienone is 4. The normalized spacial score (nSPS) is 13.6. The van der Waals surface area contributed by atoms with E-state index in [1.54, 1.807) is 0 Å². The fourth-order valence-corrected chi connectivity index (χ4v) is 4.60. The van der Waals surface area contributed by atoms with Crippen LogP contribution in [0.5, 0.6) is 0 Å². The first-order valence-electron chi connectivity index (χ1n) is 13.0. The van der Waals surface area contributed by atoms with E-state index in [-0.39, 0.29) is 24.8 Å². The van der Waals surface area contributed by atoms with Crippen LogP contribution in [0.2, 0.25) is 0 Å². The first-order valence-corrected chi connectivity index (χ1v) is 14.2. The third-order valence-corrected chi connectivity index (χ3v) is 7.28. The minimum atomic E-state index is 0. The minimum absolute atomic E-state index is 0. The maximum atomic E-state index is 3.82. The Morgan fingerprint density at radius 2 is 1.41 bits per heavy atom. The standard InChI is InChI=1S/C17H13.C11H17.C8H8.2ClH.Zr/c1-3-12-5-7-14-11-15-8-6-13(4-2)10-17(15)16(14)9-12;1-5-9-6-7-10(8-9)11(2,3)4;1-2-8-6-4-3-5-7-8;;;/h3-11H,1-2H2;7-9H,5H2,1-4H3;3-7H,1H3;2*1H;/q2*-1;;;;+2/p-2. The molecule has 0 heterocycles. The average molecular weight is 633 g/mol. The van der Waals surface area contributed by atoms with Gasteiger partial charge in [-0.3, -0.25) is 6.08 Å². The molecule has 1 atom stereocenters. The van der Waals surface area contributed by atoms with Crippen LogP contribution >= 0.6 is 0 Å². The fraction of sp³-hybridized carbons (Fsp3) is 0.222. The van der Waals surface area contributed by atoms with Crippen LogP contribution in [-0.4, -0.2) is 3.21 Å². The van der Waals surface area contributed by atoms with Crippen molar-refractivity contribution in [1.29, 1.82) is 0 Å². The topological polar surface area (TPSA) is 0 Å². The van der Waals surface area contributed by atoms with Gasteiger partial charge in [-0.05, 0) is 11.1 Å². The largest absolute Gasteiger partial charge is 1.00 e. The Labute approximate surface area is 263 Å². The summed E-state index contributed by atoms with van der Waals surface area (Å²) in [4.78, 5) is 0. The van der Waals surface area contributed by atoms with E-state index in [1.165, 1.54) is 66.5 Å². The zero-order chi connectivity index (χ0) is 27.0. The van der Waals surface area contributed by atoms with E-state index in [0.717, 1.165) is 11.1 Å². The monoisotopic (exact) mass is 630 g/mol. The Hall–Kier alpha value is -2.18. The molecular formula is C36H38Cl2Zr-2. The van der Waals surface area contributed by atoms with Gasteiger partial charge in [0.15, 0.2) is 0 Å². The Kier molecular flexibility index (Phi) is 14.5. The van der Waals surface area contributed by atoms with Crippen LogP contribution < -0.4 is 24.8 Å². The van der Waals surface area contributed by atoms with Crippen molar-refractivity contribution in [3.05, 3.63) is 126 Å². The van der Waals surface area contributed by atoms with Crippen molar-refractivity contribution in [2.45, 2.75) is 41.0 Å². The van der Waals surface area contributed by atoms with E-state index in [1.807, 2.05) is 18.2 Å². The molecule has 1 unspecified atom stereocenters. The summed E-state index contributed by atoms with van der Waals surface area (Å²) in [7, 11) is 0. The summed E-state index contributed by atoms with van der Waals surface area (Å²) < 4.78 is 1.46. The van der Waals surface area contributed by atoms with Crippen LogP contribution in [0.1, 0.15) is 57.7 Å². The van der Waals surface area contributed by atoms with E-state index in [9.17, 15) is 0 Å². The number of benzene rings is 3. The molecule has 3 heteroatoms. The number of hydrogen-bond donors (Lipinski definition) is 0. The molecule has 202 valence electrons. The van der Waals surface area contributed by atoms with Gasteiger partial charge in [-0.15, -0.1) is 39.7 Å². The third-order valence-electron chi connectivity index (χ3n) is 6.57. The molecule has 4 aromatic rings. The predicted octanol–water partition coefficient (Wildman–Crippen LogP) is 4.14. The van der Waals surface area contributed by atoms with Crippen LogP contribution in [0.15, 0.2) is 104 Å². The molecule has 0 spiro atoms. The minimum Gasteiger partial charge on any atom is -1.00 e. The zero-order valence-electron chi connectivity index (χ0n) is 23.7. The van der Waals surface area contributed by atoms with Gasteiger partial charge < -0.3 is 24.8 Å². The molecule has 0 saturated carbocycles. The van der Waals surface area contributed by atoms with Crippen LogP contribution in [0.3, 0.4) is 0 Å². The second-order valence-corrected chi connectivity index (χ2v) is 12.3. The molecular weight excluding hydrogens is 595 g/mol. The van der Waals surface area contributed by atoms with Crippen LogP contribution in [0, 0.1) is 17.4 Å². The molecule has 0 fully saturated rings. The molecule has 39 heavy (non-hydrogen) atoms. The quantitative estimate of drug-likeness (QED) is 0.297. The van der Waals surface area contributed by atoms with Crippen molar-refractivity contribution >= 4 is 36.9 Å². The molecule has 1 aliphatic rings. The first-order chi connectivity index (χ1) is 17.7. The summed E-state index contributed by atoms with van der Waals surface area (Å²) >= 11 is 1.51. The molecule has 0 saturated heterocycles. The summed E-state index contributed by atoms with van der Waals surface area (Å²) in [5.41, 5.74) is 5.43. The molecule has 0 aliphatic heterocycles. The molecule has 5 rings (SSSR count). The van der Waals surface area contributed by atoms with Gasteiger partial charge in [0.2, 0.25) is 0 Å². The van der Waals surface area contributed by atoms with Gasteiger partial charge in [0, 0.05) is 0 Å². The van der Waals surface area contributed by atoms with Gasteiger partial charge in [-0.25, -0.2) is 6.08 Å². The van der Waals surface area contributed by atoms with Crippen molar-refractivity contribution in [1.82, 2.24) is 0 Å². The van der Waals surface area contributed by atoms with Crippen LogP contribution in [0.4, 0.5) is 0 Å². The Bertz CT molecular complexity index is 1380. The van der Waals surface area contributed by atoms with E-state index in [4.69, 9.17) is 0 Å². The Morgan fingerprint density at radius 3 is 1.74 bits per heavy atom. The van der Waals surface area contributed by atoms with Gasteiger partial charge in [-0.1, -0.05) is 95.0 Å². The fourth-order valence-electron chi connectivity index (χ4n) is 4.19. The molecule has 0 bridgehead atoms. The maximum absolute atomic E-state index is 3.82. The average Bonchev–Trinajstić information content (AvgIpc) is 3.54. The summed E-state index contributed by atoms with van der Waals surface area (Å²) in [6.07, 6.45) is 12.8. The van der Waals surface area contributed by atoms with Crippen molar-refractivity contribution in [2.75, 3.05) is 0 Å². The van der Waals surface area contributed by atoms with E-state index < -0.39 is 0 Å².